The Hall–Kier alpha value is -1.36. The van der Waals surface area contributed by atoms with Crippen LogP contribution >= 0.6 is 0 Å². The average molecular weight is 196 g/mol. The zero-order chi connectivity index (χ0) is 10.3. The van der Waals surface area contributed by atoms with Gasteiger partial charge in [-0.15, -0.1) is 0 Å². The number of nitrogens with zero attached hydrogens (tertiary/aromatic N) is 1. The fourth-order valence-electron chi connectivity index (χ4n) is 1.76. The van der Waals surface area contributed by atoms with Gasteiger partial charge in [0.05, 0.1) is 6.10 Å². The molecule has 14 heavy (non-hydrogen) atoms. The van der Waals surface area contributed by atoms with Gasteiger partial charge in [0.2, 0.25) is 0 Å². The lowest BCUT2D eigenvalue weighted by Crippen LogP contribution is -2.42. The summed E-state index contributed by atoms with van der Waals surface area (Å²) in [6.45, 7) is 3.24. The Balaban J connectivity index is 2.41. The molecule has 2 N–H and O–H groups in total. The maximum atomic E-state index is 11.3. The molecule has 0 spiro atoms. The van der Waals surface area contributed by atoms with Crippen LogP contribution in [-0.2, 0) is 0 Å². The summed E-state index contributed by atoms with van der Waals surface area (Å²) in [5.41, 5.74) is -0.0987. The van der Waals surface area contributed by atoms with E-state index in [9.17, 15) is 14.7 Å². The highest BCUT2D eigenvalue weighted by molar-refractivity contribution is 5.75. The number of aliphatic hydroxyl groups is 1. The van der Waals surface area contributed by atoms with Crippen LogP contribution in [0.1, 0.15) is 6.92 Å². The van der Waals surface area contributed by atoms with Gasteiger partial charge < -0.3 is 15.3 Å². The monoisotopic (exact) mass is 196 g/mol. The van der Waals surface area contributed by atoms with Gasteiger partial charge in [-0.25, -0.2) is 0 Å². The lowest BCUT2D eigenvalue weighted by atomic mass is 10.2. The molecule has 0 fully saturated rings. The predicted octanol–water partition coefficient (Wildman–Crippen LogP) is -1.10. The summed E-state index contributed by atoms with van der Waals surface area (Å²) in [6, 6.07) is 0. The van der Waals surface area contributed by atoms with Crippen LogP contribution in [0.25, 0.3) is 0 Å². The van der Waals surface area contributed by atoms with Crippen LogP contribution in [0.3, 0.4) is 0 Å². The predicted molar refractivity (Wildman–Crippen MR) is 53.7 cm³/mol. The van der Waals surface area contributed by atoms with Gasteiger partial charge in [0, 0.05) is 19.6 Å². The second kappa shape index (κ2) is 3.09. The van der Waals surface area contributed by atoms with Gasteiger partial charge in [-0.05, 0) is 6.92 Å². The summed E-state index contributed by atoms with van der Waals surface area (Å²) >= 11 is 0. The fraction of sp³-hybridized carbons (Fsp3) is 0.556. The van der Waals surface area contributed by atoms with Crippen molar-refractivity contribution in [3.8, 4) is 0 Å². The lowest BCUT2D eigenvalue weighted by molar-refractivity contribution is 0.194. The zero-order valence-corrected chi connectivity index (χ0v) is 7.91. The first-order chi connectivity index (χ1) is 6.65. The Morgan fingerprint density at radius 2 is 2.21 bits per heavy atom. The molecule has 2 rings (SSSR count). The van der Waals surface area contributed by atoms with E-state index < -0.39 is 17.0 Å². The van der Waals surface area contributed by atoms with Crippen LogP contribution in [0.2, 0.25) is 0 Å². The number of aliphatic hydroxyl groups excluding tert-OH is 1. The molecule has 1 aliphatic heterocycles. The molecule has 5 heteroatoms. The number of hydrogen-bond acceptors (Lipinski definition) is 5. The molecular formula is C9H12N2O3. The Kier molecular flexibility index (Phi) is 2.03. The molecule has 1 aliphatic rings. The summed E-state index contributed by atoms with van der Waals surface area (Å²) in [5, 5.41) is 12.3. The van der Waals surface area contributed by atoms with Crippen molar-refractivity contribution in [1.29, 1.82) is 0 Å². The summed E-state index contributed by atoms with van der Waals surface area (Å²) in [7, 11) is 0. The van der Waals surface area contributed by atoms with Gasteiger partial charge in [-0.2, -0.15) is 0 Å². The highest BCUT2D eigenvalue weighted by atomic mass is 16.3. The first-order valence-electron chi connectivity index (χ1n) is 4.65. The van der Waals surface area contributed by atoms with Gasteiger partial charge in [-0.3, -0.25) is 9.59 Å². The van der Waals surface area contributed by atoms with Crippen molar-refractivity contribution >= 4 is 11.4 Å². The molecule has 1 heterocycles. The Morgan fingerprint density at radius 3 is 2.86 bits per heavy atom. The summed E-state index contributed by atoms with van der Waals surface area (Å²) in [5.74, 6) is 0. The summed E-state index contributed by atoms with van der Waals surface area (Å²) < 4.78 is 0. The highest BCUT2D eigenvalue weighted by Gasteiger charge is 2.29. The molecule has 0 aromatic heterocycles. The molecule has 1 aromatic carbocycles. The van der Waals surface area contributed by atoms with E-state index in [1.165, 1.54) is 0 Å². The van der Waals surface area contributed by atoms with E-state index in [2.05, 4.69) is 5.32 Å². The van der Waals surface area contributed by atoms with E-state index in [0.29, 0.717) is 31.0 Å². The SMILES string of the molecule is CCN1CC(O)CNc2c1c(=O)c2=O. The highest BCUT2D eigenvalue weighted by Crippen LogP contribution is 2.22. The van der Waals surface area contributed by atoms with Crippen LogP contribution in [0.5, 0.6) is 0 Å². The molecule has 1 unspecified atom stereocenters. The minimum Gasteiger partial charge on any atom is -0.389 e. The Morgan fingerprint density at radius 1 is 1.50 bits per heavy atom. The van der Waals surface area contributed by atoms with Crippen LogP contribution in [-0.4, -0.2) is 30.8 Å². The largest absolute Gasteiger partial charge is 0.389 e. The maximum Gasteiger partial charge on any atom is 0.253 e. The average Bonchev–Trinajstić information content (AvgIpc) is 2.34. The number of β-amino-alcohol motifs (C(OH)–C–C–N with tert-alkyl or cyclic N) is 1. The van der Waals surface area contributed by atoms with Gasteiger partial charge in [0.25, 0.3) is 10.9 Å². The number of likely N-dealkylation sites (N-methyl/N-ethyl adjacent to an activating group) is 1. The molecule has 1 atom stereocenters. The van der Waals surface area contributed by atoms with E-state index in [-0.39, 0.29) is 0 Å². The Bertz CT molecular complexity index is 420. The van der Waals surface area contributed by atoms with Gasteiger partial charge in [0.15, 0.2) is 0 Å². The topological polar surface area (TPSA) is 69.6 Å². The van der Waals surface area contributed by atoms with E-state index in [1.54, 1.807) is 4.90 Å². The molecule has 0 amide bonds. The number of rotatable bonds is 1. The molecular weight excluding hydrogens is 184 g/mol. The second-order valence-electron chi connectivity index (χ2n) is 3.46. The quantitative estimate of drug-likeness (QED) is 0.558. The molecule has 0 saturated heterocycles. The number of nitrogens with one attached hydrogen (secondary N) is 1. The van der Waals surface area contributed by atoms with E-state index >= 15 is 0 Å². The van der Waals surface area contributed by atoms with Crippen molar-refractivity contribution in [1.82, 2.24) is 0 Å². The third-order valence-corrected chi connectivity index (χ3v) is 2.53. The van der Waals surface area contributed by atoms with Crippen molar-refractivity contribution < 1.29 is 5.11 Å². The lowest BCUT2D eigenvalue weighted by Gasteiger charge is -2.23. The third kappa shape index (κ3) is 1.13. The minimum atomic E-state index is -0.541. The van der Waals surface area contributed by atoms with Crippen LogP contribution in [0.4, 0.5) is 11.4 Å². The Labute approximate surface area is 80.7 Å². The first-order valence-corrected chi connectivity index (χ1v) is 4.65. The van der Waals surface area contributed by atoms with E-state index in [1.807, 2.05) is 6.92 Å². The number of hydrogen-bond donors (Lipinski definition) is 2. The van der Waals surface area contributed by atoms with Crippen molar-refractivity contribution in [3.63, 3.8) is 0 Å². The van der Waals surface area contributed by atoms with Gasteiger partial charge in [-0.1, -0.05) is 0 Å². The van der Waals surface area contributed by atoms with Gasteiger partial charge >= 0.3 is 0 Å². The smallest absolute Gasteiger partial charge is 0.253 e. The minimum absolute atomic E-state index is 0.328. The summed E-state index contributed by atoms with van der Waals surface area (Å²) in [6.07, 6.45) is -0.541. The van der Waals surface area contributed by atoms with Crippen LogP contribution in [0.15, 0.2) is 9.59 Å². The van der Waals surface area contributed by atoms with Crippen molar-refractivity contribution in [2.75, 3.05) is 29.9 Å². The fourth-order valence-corrected chi connectivity index (χ4v) is 1.76. The van der Waals surface area contributed by atoms with Crippen LogP contribution in [0, 0.1) is 0 Å². The van der Waals surface area contributed by atoms with E-state index in [0.717, 1.165) is 0 Å². The van der Waals surface area contributed by atoms with Crippen molar-refractivity contribution in [3.05, 3.63) is 20.4 Å². The molecule has 5 nitrogen and oxygen atoms in total. The van der Waals surface area contributed by atoms with Crippen molar-refractivity contribution in [2.45, 2.75) is 13.0 Å². The number of fused-ring (bicyclic) bond motifs is 1. The first kappa shape index (κ1) is 9.21. The molecule has 0 saturated carbocycles. The zero-order valence-electron chi connectivity index (χ0n) is 7.91. The summed E-state index contributed by atoms with van der Waals surface area (Å²) in [4.78, 5) is 24.1. The number of anilines is 2. The normalized spacial score (nSPS) is 21.6. The van der Waals surface area contributed by atoms with Gasteiger partial charge in [0.1, 0.15) is 11.4 Å². The van der Waals surface area contributed by atoms with Crippen molar-refractivity contribution in [2.24, 2.45) is 0 Å². The van der Waals surface area contributed by atoms with Crippen LogP contribution < -0.4 is 21.1 Å². The molecule has 0 aliphatic carbocycles. The third-order valence-electron chi connectivity index (χ3n) is 2.53. The second-order valence-corrected chi connectivity index (χ2v) is 3.46. The standard InChI is InChI=1S/C9H12N2O3/c1-2-11-4-5(12)3-10-6-7(11)9(14)8(6)13/h5,10,12H,2-4H2,1H3. The maximum absolute atomic E-state index is 11.3. The van der Waals surface area contributed by atoms with E-state index in [4.69, 9.17) is 0 Å². The molecule has 76 valence electrons. The molecule has 1 aromatic rings. The molecule has 0 bridgehead atoms. The molecule has 0 radical (unpaired) electrons.